The van der Waals surface area contributed by atoms with E-state index in [1.54, 1.807) is 6.20 Å². The minimum absolute atomic E-state index is 0.561. The molecule has 0 saturated carbocycles. The lowest BCUT2D eigenvalue weighted by atomic mass is 10.3. The van der Waals surface area contributed by atoms with Crippen molar-refractivity contribution >= 4 is 27.4 Å². The second-order valence-corrected chi connectivity index (χ2v) is 4.97. The lowest BCUT2D eigenvalue weighted by molar-refractivity contribution is 0.333. The first-order chi connectivity index (χ1) is 9.83. The third-order valence-electron chi connectivity index (χ3n) is 2.75. The number of hydrogen-bond donors (Lipinski definition) is 1. The molecule has 102 valence electrons. The van der Waals surface area contributed by atoms with Gasteiger partial charge in [0.05, 0.1) is 6.54 Å². The quantitative estimate of drug-likeness (QED) is 0.730. The molecule has 3 rings (SSSR count). The number of para-hydroxylation sites is 1. The Morgan fingerprint density at radius 3 is 2.95 bits per heavy atom. The molecule has 0 atom stereocenters. The number of aromatic nitrogens is 3. The van der Waals surface area contributed by atoms with Crippen molar-refractivity contribution in [2.45, 2.75) is 0 Å². The molecule has 2 aromatic heterocycles. The molecule has 1 N–H and O–H groups in total. The molecule has 3 aromatic rings. The summed E-state index contributed by atoms with van der Waals surface area (Å²) in [6, 6.07) is 9.74. The summed E-state index contributed by atoms with van der Waals surface area (Å²) < 4.78 is 8.30. The van der Waals surface area contributed by atoms with E-state index in [-0.39, 0.29) is 0 Å². The normalized spacial score (nSPS) is 10.7. The molecule has 20 heavy (non-hydrogen) atoms. The maximum atomic E-state index is 5.62. The number of rotatable bonds is 5. The first-order valence-electron chi connectivity index (χ1n) is 6.24. The van der Waals surface area contributed by atoms with Crippen LogP contribution in [0.3, 0.4) is 0 Å². The highest BCUT2D eigenvalue weighted by molar-refractivity contribution is 9.10. The summed E-state index contributed by atoms with van der Waals surface area (Å²) in [6.07, 6.45) is 5.50. The zero-order chi connectivity index (χ0) is 13.8. The molecule has 0 fully saturated rings. The lowest BCUT2D eigenvalue weighted by Crippen LogP contribution is -2.13. The van der Waals surface area contributed by atoms with Gasteiger partial charge in [0.1, 0.15) is 17.0 Å². The van der Waals surface area contributed by atoms with Crippen LogP contribution in [0.1, 0.15) is 0 Å². The van der Waals surface area contributed by atoms with Crippen LogP contribution in [0.4, 0.5) is 5.82 Å². The van der Waals surface area contributed by atoms with Crippen LogP contribution in [0, 0.1) is 0 Å². The van der Waals surface area contributed by atoms with E-state index in [0.717, 1.165) is 21.8 Å². The third-order valence-corrected chi connectivity index (χ3v) is 3.13. The Labute approximate surface area is 124 Å². The number of imidazole rings is 1. The first kappa shape index (κ1) is 12.9. The van der Waals surface area contributed by atoms with Gasteiger partial charge in [0.2, 0.25) is 0 Å². The van der Waals surface area contributed by atoms with E-state index < -0.39 is 0 Å². The lowest BCUT2D eigenvalue weighted by Gasteiger charge is -2.09. The molecule has 0 aliphatic carbocycles. The summed E-state index contributed by atoms with van der Waals surface area (Å²) in [5.74, 6) is 1.60. The molecule has 0 bridgehead atoms. The second kappa shape index (κ2) is 5.92. The summed E-state index contributed by atoms with van der Waals surface area (Å²) >= 11 is 3.38. The van der Waals surface area contributed by atoms with Crippen molar-refractivity contribution in [3.8, 4) is 5.75 Å². The Morgan fingerprint density at radius 2 is 2.10 bits per heavy atom. The van der Waals surface area contributed by atoms with Gasteiger partial charge >= 0.3 is 0 Å². The van der Waals surface area contributed by atoms with Crippen LogP contribution in [0.2, 0.25) is 0 Å². The monoisotopic (exact) mass is 332 g/mol. The maximum Gasteiger partial charge on any atom is 0.180 e. The van der Waals surface area contributed by atoms with Crippen molar-refractivity contribution in [1.29, 1.82) is 0 Å². The fourth-order valence-corrected chi connectivity index (χ4v) is 2.27. The van der Waals surface area contributed by atoms with Gasteiger partial charge in [-0.25, -0.2) is 9.97 Å². The number of nitrogens with one attached hydrogen (secondary N) is 1. The Hall–Kier alpha value is -2.08. The summed E-state index contributed by atoms with van der Waals surface area (Å²) in [4.78, 5) is 8.66. The van der Waals surface area contributed by atoms with Crippen LogP contribution in [0.25, 0.3) is 5.65 Å². The molecule has 0 aliphatic rings. The zero-order valence-corrected chi connectivity index (χ0v) is 12.2. The SMILES string of the molecule is Brc1cn2ccnc2c(NCCOc2ccccc2)n1. The van der Waals surface area contributed by atoms with Crippen LogP contribution in [0.5, 0.6) is 5.75 Å². The standard InChI is InChI=1S/C14H13BrN4O/c15-12-10-19-8-6-17-14(19)13(18-12)16-7-9-20-11-4-2-1-3-5-11/h1-6,8,10H,7,9H2,(H,16,18). The van der Waals surface area contributed by atoms with Crippen LogP contribution in [-0.4, -0.2) is 27.5 Å². The van der Waals surface area contributed by atoms with E-state index >= 15 is 0 Å². The minimum Gasteiger partial charge on any atom is -0.492 e. The van der Waals surface area contributed by atoms with Crippen molar-refractivity contribution in [3.63, 3.8) is 0 Å². The average Bonchev–Trinajstić information content (AvgIpc) is 2.92. The highest BCUT2D eigenvalue weighted by Crippen LogP contribution is 2.16. The minimum atomic E-state index is 0.561. The average molecular weight is 333 g/mol. The Bertz CT molecular complexity index is 699. The molecule has 2 heterocycles. The van der Waals surface area contributed by atoms with Gasteiger partial charge in [0.15, 0.2) is 11.5 Å². The van der Waals surface area contributed by atoms with Crippen molar-refractivity contribution in [1.82, 2.24) is 14.4 Å². The van der Waals surface area contributed by atoms with E-state index in [1.807, 2.05) is 47.1 Å². The number of fused-ring (bicyclic) bond motifs is 1. The van der Waals surface area contributed by atoms with Gasteiger partial charge in [-0.1, -0.05) is 18.2 Å². The van der Waals surface area contributed by atoms with Gasteiger partial charge in [-0.15, -0.1) is 0 Å². The summed E-state index contributed by atoms with van der Waals surface area (Å²) in [5.41, 5.74) is 0.799. The summed E-state index contributed by atoms with van der Waals surface area (Å²) in [7, 11) is 0. The maximum absolute atomic E-state index is 5.62. The van der Waals surface area contributed by atoms with Crippen LogP contribution >= 0.6 is 15.9 Å². The molecule has 0 saturated heterocycles. The van der Waals surface area contributed by atoms with E-state index in [4.69, 9.17) is 4.74 Å². The first-order valence-corrected chi connectivity index (χ1v) is 7.03. The predicted molar refractivity (Wildman–Crippen MR) is 81.1 cm³/mol. The number of benzene rings is 1. The molecule has 0 radical (unpaired) electrons. The van der Waals surface area contributed by atoms with Crippen molar-refractivity contribution in [2.24, 2.45) is 0 Å². The van der Waals surface area contributed by atoms with Gasteiger partial charge in [0.25, 0.3) is 0 Å². The number of anilines is 1. The highest BCUT2D eigenvalue weighted by atomic mass is 79.9. The summed E-state index contributed by atoms with van der Waals surface area (Å²) in [5, 5.41) is 3.24. The second-order valence-electron chi connectivity index (χ2n) is 4.16. The number of hydrogen-bond acceptors (Lipinski definition) is 4. The Morgan fingerprint density at radius 1 is 1.25 bits per heavy atom. The van der Waals surface area contributed by atoms with Crippen LogP contribution in [-0.2, 0) is 0 Å². The van der Waals surface area contributed by atoms with Crippen molar-refractivity contribution in [2.75, 3.05) is 18.5 Å². The molecule has 5 nitrogen and oxygen atoms in total. The molecule has 0 aliphatic heterocycles. The van der Waals surface area contributed by atoms with Crippen molar-refractivity contribution in [3.05, 3.63) is 53.5 Å². The van der Waals surface area contributed by atoms with E-state index in [0.29, 0.717) is 13.2 Å². The number of ether oxygens (including phenoxy) is 1. The van der Waals surface area contributed by atoms with Crippen LogP contribution < -0.4 is 10.1 Å². The fourth-order valence-electron chi connectivity index (χ4n) is 1.87. The predicted octanol–water partition coefficient (Wildman–Crippen LogP) is 2.98. The van der Waals surface area contributed by atoms with E-state index in [2.05, 4.69) is 31.2 Å². The zero-order valence-electron chi connectivity index (χ0n) is 10.7. The molecule has 0 unspecified atom stereocenters. The van der Waals surface area contributed by atoms with Crippen LogP contribution in [0.15, 0.2) is 53.5 Å². The molecule has 0 spiro atoms. The van der Waals surface area contributed by atoms with Gasteiger partial charge in [-0.05, 0) is 28.1 Å². The number of halogens is 1. The van der Waals surface area contributed by atoms with Crippen molar-refractivity contribution < 1.29 is 4.74 Å². The molecule has 1 aromatic carbocycles. The smallest absolute Gasteiger partial charge is 0.180 e. The highest BCUT2D eigenvalue weighted by Gasteiger charge is 2.05. The molecule has 6 heteroatoms. The topological polar surface area (TPSA) is 51.5 Å². The molecule has 0 amide bonds. The molecular weight excluding hydrogens is 320 g/mol. The Balaban J connectivity index is 1.61. The van der Waals surface area contributed by atoms with Gasteiger partial charge < -0.3 is 14.5 Å². The largest absolute Gasteiger partial charge is 0.492 e. The van der Waals surface area contributed by atoms with Gasteiger partial charge in [-0.3, -0.25) is 0 Å². The van der Waals surface area contributed by atoms with E-state index in [1.165, 1.54) is 0 Å². The molecular formula is C14H13BrN4O. The number of nitrogens with zero attached hydrogens (tertiary/aromatic N) is 3. The van der Waals surface area contributed by atoms with E-state index in [9.17, 15) is 0 Å². The Kier molecular flexibility index (Phi) is 3.83. The fraction of sp³-hybridized carbons (Fsp3) is 0.143. The third kappa shape index (κ3) is 2.91. The van der Waals surface area contributed by atoms with Gasteiger partial charge in [-0.2, -0.15) is 0 Å². The summed E-state index contributed by atoms with van der Waals surface area (Å²) in [6.45, 7) is 1.21. The van der Waals surface area contributed by atoms with Gasteiger partial charge in [0, 0.05) is 18.6 Å².